The molecule has 0 spiro atoms. The fraction of sp³-hybridized carbons (Fsp3) is 0.158. The first-order valence-electron chi connectivity index (χ1n) is 21.1. The largest absolute Gasteiger partial charge is 0.309 e. The molecule has 0 radical (unpaired) electrons. The molecule has 0 amide bonds. The second-order valence-corrected chi connectivity index (χ2v) is 18.6. The third-order valence-corrected chi connectivity index (χ3v) is 14.3. The third kappa shape index (κ3) is 4.58. The molecule has 9 aromatic rings. The molecule has 3 aliphatic heterocycles. The van der Waals surface area contributed by atoms with E-state index in [2.05, 4.69) is 221 Å². The fourth-order valence-electron chi connectivity index (χ4n) is 11.1. The van der Waals surface area contributed by atoms with Crippen molar-refractivity contribution in [3.63, 3.8) is 0 Å². The van der Waals surface area contributed by atoms with Crippen LogP contribution >= 0.6 is 0 Å². The molecule has 0 aliphatic carbocycles. The van der Waals surface area contributed by atoms with Gasteiger partial charge >= 0.3 is 0 Å². The molecule has 3 aliphatic rings. The Bertz CT molecular complexity index is 3180. The Labute approximate surface area is 347 Å². The summed E-state index contributed by atoms with van der Waals surface area (Å²) in [5, 5.41) is 7.46. The van der Waals surface area contributed by atoms with Crippen LogP contribution < -0.4 is 9.80 Å². The van der Waals surface area contributed by atoms with Crippen LogP contribution in [0.3, 0.4) is 0 Å². The maximum Gasteiger partial charge on any atom is 0.0545 e. The van der Waals surface area contributed by atoms with Crippen molar-refractivity contribution in [1.82, 2.24) is 0 Å². The van der Waals surface area contributed by atoms with Crippen molar-refractivity contribution in [3.05, 3.63) is 203 Å². The van der Waals surface area contributed by atoms with Crippen molar-refractivity contribution >= 4 is 66.4 Å². The summed E-state index contributed by atoms with van der Waals surface area (Å²) in [6.45, 7) is 14.7. The van der Waals surface area contributed by atoms with Crippen LogP contribution in [-0.4, -0.2) is 0 Å². The van der Waals surface area contributed by atoms with Gasteiger partial charge in [-0.2, -0.15) is 0 Å². The van der Waals surface area contributed by atoms with E-state index in [1.54, 1.807) is 0 Å². The summed E-state index contributed by atoms with van der Waals surface area (Å²) in [7, 11) is 0. The van der Waals surface area contributed by atoms with Gasteiger partial charge in [-0.25, -0.2) is 0 Å². The van der Waals surface area contributed by atoms with Crippen LogP contribution in [0.1, 0.15) is 74.9 Å². The predicted octanol–water partition coefficient (Wildman–Crippen LogP) is 15.7. The van der Waals surface area contributed by atoms with Gasteiger partial charge in [0.15, 0.2) is 0 Å². The zero-order valence-electron chi connectivity index (χ0n) is 34.6. The summed E-state index contributed by atoms with van der Waals surface area (Å²) < 4.78 is 0. The lowest BCUT2D eigenvalue weighted by Crippen LogP contribution is -2.43. The standard InChI is InChI=1S/C57H46N2/c1-55(2)44-24-15-25-45-52(44)59-53-46(55)31-40(39-29-28-35-16-7-8-19-38(35)30-39)32-47(53)57(5,6)49-34-41(33-48(54(49)59)56(45,3)4)58(50-26-13-20-36-17-9-11-22-42(36)50)51-27-14-21-37-18-10-12-23-43(37)51/h7-34H,1-6H3. The van der Waals surface area contributed by atoms with E-state index in [0.29, 0.717) is 0 Å². The van der Waals surface area contributed by atoms with E-state index in [4.69, 9.17) is 0 Å². The molecule has 9 aromatic carbocycles. The van der Waals surface area contributed by atoms with Gasteiger partial charge in [0.25, 0.3) is 0 Å². The van der Waals surface area contributed by atoms with Gasteiger partial charge in [0.1, 0.15) is 0 Å². The molecule has 0 bridgehead atoms. The average Bonchev–Trinajstić information content (AvgIpc) is 3.25. The molecular weight excluding hydrogens is 713 g/mol. The lowest BCUT2D eigenvalue weighted by Gasteiger charge is -2.55. The van der Waals surface area contributed by atoms with Crippen molar-refractivity contribution in [1.29, 1.82) is 0 Å². The van der Waals surface area contributed by atoms with Crippen LogP contribution in [0.4, 0.5) is 34.1 Å². The van der Waals surface area contributed by atoms with E-state index in [1.165, 1.54) is 111 Å². The fourth-order valence-corrected chi connectivity index (χ4v) is 11.1. The van der Waals surface area contributed by atoms with Crippen LogP contribution in [0.5, 0.6) is 0 Å². The highest BCUT2D eigenvalue weighted by atomic mass is 15.2. The van der Waals surface area contributed by atoms with Crippen LogP contribution in [0, 0.1) is 0 Å². The number of fused-ring (bicyclic) bond motifs is 3. The Balaban J connectivity index is 1.19. The van der Waals surface area contributed by atoms with E-state index >= 15 is 0 Å². The molecule has 2 heteroatoms. The highest BCUT2D eigenvalue weighted by Crippen LogP contribution is 2.67. The second kappa shape index (κ2) is 11.7. The Morgan fingerprint density at radius 1 is 0.339 bits per heavy atom. The molecule has 0 unspecified atom stereocenters. The SMILES string of the molecule is CC1(C)c2cccc3c2N2c4c1cc(-c1ccc5ccccc5c1)cc4C(C)(C)c1cc(N(c4cccc5ccccc45)c4cccc5ccccc45)cc(c12)C3(C)C. The maximum atomic E-state index is 2.69. The maximum absolute atomic E-state index is 2.69. The van der Waals surface area contributed by atoms with E-state index in [9.17, 15) is 0 Å². The van der Waals surface area contributed by atoms with Crippen molar-refractivity contribution in [2.45, 2.75) is 57.8 Å². The number of rotatable bonds is 4. The van der Waals surface area contributed by atoms with Gasteiger partial charge in [0, 0.05) is 32.7 Å². The molecule has 0 saturated carbocycles. The molecule has 0 saturated heterocycles. The van der Waals surface area contributed by atoms with Crippen LogP contribution in [0.15, 0.2) is 170 Å². The van der Waals surface area contributed by atoms with Crippen molar-refractivity contribution < 1.29 is 0 Å². The monoisotopic (exact) mass is 758 g/mol. The Hall–Kier alpha value is -6.64. The minimum absolute atomic E-state index is 0.209. The summed E-state index contributed by atoms with van der Waals surface area (Å²) in [5.74, 6) is 0. The Morgan fingerprint density at radius 2 is 0.763 bits per heavy atom. The van der Waals surface area contributed by atoms with E-state index in [-0.39, 0.29) is 16.2 Å². The lowest BCUT2D eigenvalue weighted by molar-refractivity contribution is 0.567. The van der Waals surface area contributed by atoms with Crippen molar-refractivity contribution in [2.24, 2.45) is 0 Å². The van der Waals surface area contributed by atoms with Gasteiger partial charge in [0.05, 0.1) is 28.4 Å². The summed E-state index contributed by atoms with van der Waals surface area (Å²) in [5.41, 5.74) is 17.6. The first kappa shape index (κ1) is 34.4. The summed E-state index contributed by atoms with van der Waals surface area (Å²) in [4.78, 5) is 5.24. The molecule has 0 atom stereocenters. The first-order valence-corrected chi connectivity index (χ1v) is 21.1. The number of nitrogens with zero attached hydrogens (tertiary/aromatic N) is 2. The lowest BCUT2D eigenvalue weighted by atomic mass is 9.60. The normalized spacial score (nSPS) is 16.0. The second-order valence-electron chi connectivity index (χ2n) is 18.6. The topological polar surface area (TPSA) is 6.48 Å². The van der Waals surface area contributed by atoms with Gasteiger partial charge in [-0.3, -0.25) is 0 Å². The zero-order valence-corrected chi connectivity index (χ0v) is 34.6. The Kier molecular flexibility index (Phi) is 6.84. The van der Waals surface area contributed by atoms with Crippen LogP contribution in [0.2, 0.25) is 0 Å². The van der Waals surface area contributed by atoms with Crippen molar-refractivity contribution in [2.75, 3.05) is 9.80 Å². The van der Waals surface area contributed by atoms with Crippen molar-refractivity contribution in [3.8, 4) is 11.1 Å². The van der Waals surface area contributed by atoms with Gasteiger partial charge < -0.3 is 9.80 Å². The molecule has 12 rings (SSSR count). The number of benzene rings is 9. The average molecular weight is 759 g/mol. The molecule has 2 nitrogen and oxygen atoms in total. The van der Waals surface area contributed by atoms with E-state index in [1.807, 2.05) is 0 Å². The van der Waals surface area contributed by atoms with Gasteiger partial charge in [0.2, 0.25) is 0 Å². The zero-order chi connectivity index (χ0) is 40.0. The Morgan fingerprint density at radius 3 is 1.32 bits per heavy atom. The van der Waals surface area contributed by atoms with E-state index < -0.39 is 0 Å². The summed E-state index contributed by atoms with van der Waals surface area (Å²) >= 11 is 0. The van der Waals surface area contributed by atoms with E-state index in [0.717, 1.165) is 0 Å². The number of anilines is 6. The highest BCUT2D eigenvalue weighted by molar-refractivity contribution is 6.06. The van der Waals surface area contributed by atoms with Gasteiger partial charge in [-0.1, -0.05) is 169 Å². The molecule has 284 valence electrons. The summed E-state index contributed by atoms with van der Waals surface area (Å²) in [6.07, 6.45) is 0. The smallest absolute Gasteiger partial charge is 0.0545 e. The molecule has 0 N–H and O–H groups in total. The number of hydrogen-bond donors (Lipinski definition) is 0. The minimum Gasteiger partial charge on any atom is -0.309 e. The third-order valence-electron chi connectivity index (χ3n) is 14.3. The highest BCUT2D eigenvalue weighted by Gasteiger charge is 2.52. The quantitative estimate of drug-likeness (QED) is 0.176. The van der Waals surface area contributed by atoms with Crippen LogP contribution in [-0.2, 0) is 16.2 Å². The van der Waals surface area contributed by atoms with Gasteiger partial charge in [-0.15, -0.1) is 0 Å². The number of para-hydroxylation sites is 1. The first-order chi connectivity index (χ1) is 28.5. The molecule has 0 aromatic heterocycles. The number of hydrogen-bond acceptors (Lipinski definition) is 2. The minimum atomic E-state index is -0.327. The van der Waals surface area contributed by atoms with Crippen LogP contribution in [0.25, 0.3) is 43.4 Å². The molecular formula is C57H46N2. The summed E-state index contributed by atoms with van der Waals surface area (Å²) in [6, 6.07) is 64.0. The molecule has 0 fully saturated rings. The van der Waals surface area contributed by atoms with Gasteiger partial charge in [-0.05, 0) is 109 Å². The predicted molar refractivity (Wildman–Crippen MR) is 250 cm³/mol. The molecule has 3 heterocycles. The molecule has 59 heavy (non-hydrogen) atoms.